The van der Waals surface area contributed by atoms with Crippen molar-refractivity contribution in [2.24, 2.45) is 17.6 Å². The van der Waals surface area contributed by atoms with Crippen molar-refractivity contribution in [3.05, 3.63) is 35.9 Å². The van der Waals surface area contributed by atoms with Crippen LogP contribution >= 0.6 is 0 Å². The van der Waals surface area contributed by atoms with Gasteiger partial charge in [-0.25, -0.2) is 0 Å². The van der Waals surface area contributed by atoms with Crippen LogP contribution in [0.5, 0.6) is 0 Å². The van der Waals surface area contributed by atoms with Gasteiger partial charge in [-0.3, -0.25) is 0 Å². The van der Waals surface area contributed by atoms with Gasteiger partial charge >= 0.3 is 0 Å². The highest BCUT2D eigenvalue weighted by Gasteiger charge is 2.20. The standard InChI is InChI=1S/C17H30N2/c1-5-14(4)16(15-9-7-6-8-10-15)12-19-17(11-18)13(2)3/h6-10,13-14,16-17,19H,5,11-12,18H2,1-4H3. The summed E-state index contributed by atoms with van der Waals surface area (Å²) >= 11 is 0. The third kappa shape index (κ3) is 4.96. The number of nitrogens with two attached hydrogens (primary N) is 1. The molecule has 0 saturated carbocycles. The van der Waals surface area contributed by atoms with E-state index in [0.717, 1.165) is 6.54 Å². The van der Waals surface area contributed by atoms with Crippen molar-refractivity contribution >= 4 is 0 Å². The molecule has 0 spiro atoms. The lowest BCUT2D eigenvalue weighted by Crippen LogP contribution is -2.42. The Morgan fingerprint density at radius 2 is 1.74 bits per heavy atom. The molecule has 1 aromatic carbocycles. The predicted molar refractivity (Wildman–Crippen MR) is 84.3 cm³/mol. The average molecular weight is 262 g/mol. The predicted octanol–water partition coefficient (Wildman–Crippen LogP) is 3.39. The van der Waals surface area contributed by atoms with Crippen LogP contribution in [-0.2, 0) is 0 Å². The van der Waals surface area contributed by atoms with Gasteiger partial charge in [0.05, 0.1) is 0 Å². The van der Waals surface area contributed by atoms with Gasteiger partial charge in [-0.05, 0) is 23.3 Å². The van der Waals surface area contributed by atoms with Gasteiger partial charge in [-0.2, -0.15) is 0 Å². The Labute approximate surface area is 118 Å². The fourth-order valence-electron chi connectivity index (χ4n) is 2.50. The number of rotatable bonds is 8. The summed E-state index contributed by atoms with van der Waals surface area (Å²) in [6.07, 6.45) is 1.20. The summed E-state index contributed by atoms with van der Waals surface area (Å²) in [4.78, 5) is 0. The Balaban J connectivity index is 2.71. The van der Waals surface area contributed by atoms with Gasteiger partial charge in [-0.15, -0.1) is 0 Å². The van der Waals surface area contributed by atoms with Crippen LogP contribution in [0.25, 0.3) is 0 Å². The van der Waals surface area contributed by atoms with E-state index in [9.17, 15) is 0 Å². The minimum absolute atomic E-state index is 0.412. The number of benzene rings is 1. The average Bonchev–Trinajstić information content (AvgIpc) is 2.43. The summed E-state index contributed by atoms with van der Waals surface area (Å²) in [5.74, 6) is 1.83. The molecule has 0 aliphatic rings. The molecule has 0 aromatic heterocycles. The molecular formula is C17H30N2. The molecule has 0 saturated heterocycles. The summed E-state index contributed by atoms with van der Waals surface area (Å²) in [7, 11) is 0. The lowest BCUT2D eigenvalue weighted by Gasteiger charge is -2.28. The van der Waals surface area contributed by atoms with Gasteiger partial charge in [0, 0.05) is 19.1 Å². The molecule has 3 unspecified atom stereocenters. The maximum atomic E-state index is 5.84. The zero-order chi connectivity index (χ0) is 14.3. The Hall–Kier alpha value is -0.860. The first-order chi connectivity index (χ1) is 9.10. The molecule has 0 amide bonds. The highest BCUT2D eigenvalue weighted by molar-refractivity contribution is 5.20. The van der Waals surface area contributed by atoms with Crippen molar-refractivity contribution < 1.29 is 0 Å². The third-order valence-electron chi connectivity index (χ3n) is 4.22. The first kappa shape index (κ1) is 16.2. The van der Waals surface area contributed by atoms with Crippen molar-refractivity contribution in [3.8, 4) is 0 Å². The van der Waals surface area contributed by atoms with Gasteiger partial charge in [-0.1, -0.05) is 64.4 Å². The zero-order valence-corrected chi connectivity index (χ0v) is 12.9. The van der Waals surface area contributed by atoms with E-state index in [1.807, 2.05) is 0 Å². The minimum Gasteiger partial charge on any atom is -0.329 e. The molecule has 19 heavy (non-hydrogen) atoms. The largest absolute Gasteiger partial charge is 0.329 e. The molecule has 0 fully saturated rings. The van der Waals surface area contributed by atoms with Crippen LogP contribution in [0.15, 0.2) is 30.3 Å². The van der Waals surface area contributed by atoms with Crippen LogP contribution in [-0.4, -0.2) is 19.1 Å². The van der Waals surface area contributed by atoms with E-state index < -0.39 is 0 Å². The molecule has 0 radical (unpaired) electrons. The van der Waals surface area contributed by atoms with Gasteiger partial charge in [0.15, 0.2) is 0 Å². The second kappa shape index (κ2) is 8.34. The Morgan fingerprint density at radius 1 is 1.11 bits per heavy atom. The summed E-state index contributed by atoms with van der Waals surface area (Å²) in [6, 6.07) is 11.2. The van der Waals surface area contributed by atoms with Crippen molar-refractivity contribution in [2.45, 2.75) is 46.1 Å². The SMILES string of the molecule is CCC(C)C(CNC(CN)C(C)C)c1ccccc1. The maximum absolute atomic E-state index is 5.84. The second-order valence-electron chi connectivity index (χ2n) is 5.90. The fraction of sp³-hybridized carbons (Fsp3) is 0.647. The van der Waals surface area contributed by atoms with E-state index in [2.05, 4.69) is 63.3 Å². The lowest BCUT2D eigenvalue weighted by molar-refractivity contribution is 0.354. The van der Waals surface area contributed by atoms with E-state index in [-0.39, 0.29) is 0 Å². The minimum atomic E-state index is 0.412. The topological polar surface area (TPSA) is 38.0 Å². The van der Waals surface area contributed by atoms with Crippen molar-refractivity contribution in [2.75, 3.05) is 13.1 Å². The van der Waals surface area contributed by atoms with Crippen LogP contribution in [0.2, 0.25) is 0 Å². The first-order valence-corrected chi connectivity index (χ1v) is 7.58. The van der Waals surface area contributed by atoms with Gasteiger partial charge < -0.3 is 11.1 Å². The van der Waals surface area contributed by atoms with E-state index in [0.29, 0.717) is 30.3 Å². The van der Waals surface area contributed by atoms with E-state index in [1.54, 1.807) is 0 Å². The summed E-state index contributed by atoms with van der Waals surface area (Å²) < 4.78 is 0. The summed E-state index contributed by atoms with van der Waals surface area (Å²) in [5, 5.41) is 3.66. The Kier molecular flexibility index (Phi) is 7.11. The highest BCUT2D eigenvalue weighted by Crippen LogP contribution is 2.26. The van der Waals surface area contributed by atoms with Gasteiger partial charge in [0.1, 0.15) is 0 Å². The van der Waals surface area contributed by atoms with Gasteiger partial charge in [0.2, 0.25) is 0 Å². The van der Waals surface area contributed by atoms with E-state index in [1.165, 1.54) is 12.0 Å². The molecule has 1 aromatic rings. The Morgan fingerprint density at radius 3 is 2.21 bits per heavy atom. The highest BCUT2D eigenvalue weighted by atomic mass is 14.9. The maximum Gasteiger partial charge on any atom is 0.0213 e. The quantitative estimate of drug-likeness (QED) is 0.753. The Bertz CT molecular complexity index is 334. The number of hydrogen-bond donors (Lipinski definition) is 2. The molecule has 2 heteroatoms. The first-order valence-electron chi connectivity index (χ1n) is 7.58. The molecule has 1 rings (SSSR count). The molecule has 0 bridgehead atoms. The van der Waals surface area contributed by atoms with Crippen molar-refractivity contribution in [1.29, 1.82) is 0 Å². The molecule has 108 valence electrons. The molecule has 0 heterocycles. The van der Waals surface area contributed by atoms with E-state index >= 15 is 0 Å². The fourth-order valence-corrected chi connectivity index (χ4v) is 2.50. The number of hydrogen-bond acceptors (Lipinski definition) is 2. The summed E-state index contributed by atoms with van der Waals surface area (Å²) in [6.45, 7) is 10.8. The third-order valence-corrected chi connectivity index (χ3v) is 4.22. The van der Waals surface area contributed by atoms with Crippen LogP contribution < -0.4 is 11.1 Å². The molecule has 0 aliphatic carbocycles. The molecule has 3 atom stereocenters. The monoisotopic (exact) mass is 262 g/mol. The second-order valence-corrected chi connectivity index (χ2v) is 5.90. The molecule has 0 aliphatic heterocycles. The van der Waals surface area contributed by atoms with Crippen LogP contribution in [0.4, 0.5) is 0 Å². The molecule has 2 nitrogen and oxygen atoms in total. The van der Waals surface area contributed by atoms with Gasteiger partial charge in [0.25, 0.3) is 0 Å². The van der Waals surface area contributed by atoms with Crippen LogP contribution in [0.1, 0.15) is 45.6 Å². The lowest BCUT2D eigenvalue weighted by atomic mass is 9.85. The summed E-state index contributed by atoms with van der Waals surface area (Å²) in [5.41, 5.74) is 7.28. The zero-order valence-electron chi connectivity index (χ0n) is 12.9. The van der Waals surface area contributed by atoms with Crippen LogP contribution in [0, 0.1) is 11.8 Å². The smallest absolute Gasteiger partial charge is 0.0213 e. The molecular weight excluding hydrogens is 232 g/mol. The number of nitrogens with one attached hydrogen (secondary N) is 1. The van der Waals surface area contributed by atoms with Crippen molar-refractivity contribution in [1.82, 2.24) is 5.32 Å². The molecule has 3 N–H and O–H groups in total. The van der Waals surface area contributed by atoms with Crippen LogP contribution in [0.3, 0.4) is 0 Å². The van der Waals surface area contributed by atoms with E-state index in [4.69, 9.17) is 5.73 Å². The normalized spacial score (nSPS) is 16.3. The van der Waals surface area contributed by atoms with Crippen molar-refractivity contribution in [3.63, 3.8) is 0 Å².